The number of rotatable bonds is 17. The number of hydrogen-bond acceptors (Lipinski definition) is 13. The molecule has 1 aliphatic carbocycles. The standard InChI is InChI=1S/C36H53N15O8/c1-7-25-31(57-35-28(45-50-40)18(3)17(2)26(55-35)14-42-47-37)21(6)34(54-25)58-32-19(4)23(43-48-38)13-24(44-49-39)33(32)59-36-29(46-51-41)20(5)30(27(15-52)56-36)53-16-22-11-9-8-10-12-22/h8-12,17-21,23-36,52H,7,13-16H2,1-6H3. The first-order valence-electron chi connectivity index (χ1n) is 19.9. The molecule has 23 heteroatoms. The van der Waals surface area contributed by atoms with Crippen molar-refractivity contribution in [3.8, 4) is 0 Å². The number of hydrogen-bond donors (Lipinski definition) is 1. The van der Waals surface area contributed by atoms with Crippen LogP contribution >= 0.6 is 0 Å². The number of azide groups is 5. The highest BCUT2D eigenvalue weighted by atomic mass is 16.7. The Morgan fingerprint density at radius 2 is 1.19 bits per heavy atom. The lowest BCUT2D eigenvalue weighted by Crippen LogP contribution is -2.60. The Morgan fingerprint density at radius 1 is 0.610 bits per heavy atom. The summed E-state index contributed by atoms with van der Waals surface area (Å²) < 4.78 is 45.4. The third-order valence-corrected chi connectivity index (χ3v) is 12.3. The Morgan fingerprint density at radius 3 is 1.80 bits per heavy atom. The zero-order valence-corrected chi connectivity index (χ0v) is 33.9. The van der Waals surface area contributed by atoms with Crippen molar-refractivity contribution in [2.24, 2.45) is 55.2 Å². The maximum Gasteiger partial charge on any atom is 0.167 e. The summed E-state index contributed by atoms with van der Waals surface area (Å²) in [5, 5.41) is 30.3. The first-order chi connectivity index (χ1) is 28.5. The van der Waals surface area contributed by atoms with E-state index in [1.807, 2.05) is 71.9 Å². The van der Waals surface area contributed by atoms with Crippen molar-refractivity contribution in [3.63, 3.8) is 0 Å². The molecule has 3 aliphatic heterocycles. The molecule has 320 valence electrons. The van der Waals surface area contributed by atoms with Crippen LogP contribution in [0.1, 0.15) is 59.9 Å². The fraction of sp³-hybridized carbons (Fsp3) is 0.833. The molecule has 3 saturated heterocycles. The number of aliphatic hydroxyl groups is 1. The Labute approximate surface area is 341 Å². The smallest absolute Gasteiger partial charge is 0.167 e. The lowest BCUT2D eigenvalue weighted by molar-refractivity contribution is -0.302. The molecule has 0 radical (unpaired) electrons. The van der Waals surface area contributed by atoms with E-state index >= 15 is 0 Å². The van der Waals surface area contributed by atoms with Crippen LogP contribution in [-0.4, -0.2) is 104 Å². The average Bonchev–Trinajstić information content (AvgIpc) is 3.53. The van der Waals surface area contributed by atoms with Gasteiger partial charge >= 0.3 is 0 Å². The third-order valence-electron chi connectivity index (χ3n) is 12.3. The van der Waals surface area contributed by atoms with Gasteiger partial charge in [0, 0.05) is 36.5 Å². The van der Waals surface area contributed by atoms with E-state index in [-0.39, 0.29) is 31.4 Å². The minimum Gasteiger partial charge on any atom is -0.394 e. The molecular formula is C36H53N15O8. The van der Waals surface area contributed by atoms with E-state index in [0.717, 1.165) is 5.56 Å². The maximum absolute atomic E-state index is 10.5. The number of nitrogens with zero attached hydrogens (tertiary/aromatic N) is 15. The molecule has 5 rings (SSSR count). The second-order valence-electron chi connectivity index (χ2n) is 15.7. The first-order valence-corrected chi connectivity index (χ1v) is 19.9. The minimum absolute atomic E-state index is 0.0641. The Kier molecular flexibility index (Phi) is 16.7. The van der Waals surface area contributed by atoms with Crippen LogP contribution in [0.25, 0.3) is 52.2 Å². The van der Waals surface area contributed by atoms with E-state index in [2.05, 4.69) is 50.1 Å². The van der Waals surface area contributed by atoms with Gasteiger partial charge in [-0.3, -0.25) is 0 Å². The van der Waals surface area contributed by atoms with Gasteiger partial charge in [-0.25, -0.2) is 0 Å². The van der Waals surface area contributed by atoms with Crippen LogP contribution in [0, 0.1) is 29.6 Å². The highest BCUT2D eigenvalue weighted by Crippen LogP contribution is 2.43. The van der Waals surface area contributed by atoms with Gasteiger partial charge in [-0.15, -0.1) is 0 Å². The summed E-state index contributed by atoms with van der Waals surface area (Å²) in [7, 11) is 0. The Bertz CT molecular complexity index is 1790. The van der Waals surface area contributed by atoms with Gasteiger partial charge in [0.1, 0.15) is 6.10 Å². The summed E-state index contributed by atoms with van der Waals surface area (Å²) in [4.78, 5) is 15.1. The second-order valence-corrected chi connectivity index (χ2v) is 15.7. The molecule has 4 aliphatic rings. The zero-order valence-electron chi connectivity index (χ0n) is 33.9. The monoisotopic (exact) mass is 823 g/mol. The highest BCUT2D eigenvalue weighted by Gasteiger charge is 2.53. The van der Waals surface area contributed by atoms with Gasteiger partial charge < -0.3 is 38.3 Å². The van der Waals surface area contributed by atoms with Gasteiger partial charge in [0.25, 0.3) is 0 Å². The van der Waals surface area contributed by atoms with Gasteiger partial charge in [0.2, 0.25) is 0 Å². The lowest BCUT2D eigenvalue weighted by Gasteiger charge is -2.48. The quantitative estimate of drug-likeness (QED) is 0.0911. The molecule has 3 heterocycles. The van der Waals surface area contributed by atoms with Gasteiger partial charge in [0.15, 0.2) is 18.9 Å². The van der Waals surface area contributed by atoms with Crippen LogP contribution < -0.4 is 0 Å². The number of benzene rings is 1. The first kappa shape index (κ1) is 45.5. The molecule has 23 nitrogen and oxygen atoms in total. The van der Waals surface area contributed by atoms with Crippen molar-refractivity contribution in [2.45, 2.75) is 147 Å². The molecule has 0 spiro atoms. The summed E-state index contributed by atoms with van der Waals surface area (Å²) >= 11 is 0. The highest BCUT2D eigenvalue weighted by molar-refractivity contribution is 5.13. The van der Waals surface area contributed by atoms with Gasteiger partial charge in [-0.05, 0) is 69.7 Å². The average molecular weight is 824 g/mol. The van der Waals surface area contributed by atoms with Gasteiger partial charge in [-0.1, -0.05) is 97.4 Å². The van der Waals surface area contributed by atoms with Crippen LogP contribution in [0.15, 0.2) is 55.9 Å². The molecular weight excluding hydrogens is 770 g/mol. The summed E-state index contributed by atoms with van der Waals surface area (Å²) in [6.07, 6.45) is -7.73. The maximum atomic E-state index is 10.5. The van der Waals surface area contributed by atoms with E-state index in [1.54, 1.807) is 0 Å². The fourth-order valence-electron chi connectivity index (χ4n) is 8.68. The van der Waals surface area contributed by atoms with Crippen molar-refractivity contribution < 1.29 is 38.3 Å². The van der Waals surface area contributed by atoms with E-state index in [1.165, 1.54) is 0 Å². The van der Waals surface area contributed by atoms with E-state index in [0.29, 0.717) is 6.42 Å². The number of ether oxygens (including phenoxy) is 7. The van der Waals surface area contributed by atoms with Crippen molar-refractivity contribution >= 4 is 0 Å². The lowest BCUT2D eigenvalue weighted by atomic mass is 9.78. The van der Waals surface area contributed by atoms with Crippen LogP contribution in [0.4, 0.5) is 0 Å². The molecule has 1 aromatic carbocycles. The van der Waals surface area contributed by atoms with Crippen molar-refractivity contribution in [2.75, 3.05) is 13.2 Å². The molecule has 0 amide bonds. The van der Waals surface area contributed by atoms with Crippen molar-refractivity contribution in [3.05, 3.63) is 88.1 Å². The van der Waals surface area contributed by atoms with Crippen LogP contribution in [0.2, 0.25) is 0 Å². The van der Waals surface area contributed by atoms with E-state index < -0.39 is 110 Å². The van der Waals surface area contributed by atoms with Crippen molar-refractivity contribution in [1.82, 2.24) is 0 Å². The predicted molar refractivity (Wildman–Crippen MR) is 209 cm³/mol. The SMILES string of the molecule is CCC1OC(OC2C(C)C(N=[N+]=[N-])CC(N=[N+]=[N-])C2OC2OC(CO)C(OCc3ccccc3)C(C)C2N=[N+]=[N-])C(C)C1OC1OC(CN=[N+]=[N-])C(C)C(C)C1N=[N+]=[N-]. The molecule has 0 bridgehead atoms. The topological polar surface area (TPSA) is 329 Å². The van der Waals surface area contributed by atoms with E-state index in [4.69, 9.17) is 38.7 Å². The summed E-state index contributed by atoms with van der Waals surface area (Å²) in [5.74, 6) is -1.78. The summed E-state index contributed by atoms with van der Waals surface area (Å²) in [5.41, 5.74) is 48.2. The molecule has 1 aromatic rings. The molecule has 19 unspecified atom stereocenters. The molecule has 59 heavy (non-hydrogen) atoms. The van der Waals surface area contributed by atoms with E-state index in [9.17, 15) is 27.2 Å². The molecule has 1 saturated carbocycles. The second kappa shape index (κ2) is 21.6. The van der Waals surface area contributed by atoms with Crippen LogP contribution in [0.3, 0.4) is 0 Å². The fourth-order valence-corrected chi connectivity index (χ4v) is 8.68. The molecule has 4 fully saturated rings. The van der Waals surface area contributed by atoms with Crippen molar-refractivity contribution in [1.29, 1.82) is 0 Å². The Hall–Kier alpha value is -4.55. The predicted octanol–water partition coefficient (Wildman–Crippen LogP) is 7.91. The molecule has 19 atom stereocenters. The van der Waals surface area contributed by atoms with Crippen LogP contribution in [-0.2, 0) is 39.8 Å². The summed E-state index contributed by atoms with van der Waals surface area (Å²) in [6.45, 7) is 11.2. The molecule has 1 N–H and O–H groups in total. The normalized spacial score (nSPS) is 40.6. The third kappa shape index (κ3) is 10.4. The largest absolute Gasteiger partial charge is 0.394 e. The van der Waals surface area contributed by atoms with Gasteiger partial charge in [0.05, 0.1) is 74.5 Å². The number of aliphatic hydroxyl groups excluding tert-OH is 1. The minimum atomic E-state index is -1.24. The van der Waals surface area contributed by atoms with Crippen LogP contribution in [0.5, 0.6) is 0 Å². The zero-order chi connectivity index (χ0) is 42.6. The summed E-state index contributed by atoms with van der Waals surface area (Å²) in [6, 6.07) is 6.22. The molecule has 0 aromatic heterocycles. The van der Waals surface area contributed by atoms with Gasteiger partial charge in [-0.2, -0.15) is 0 Å². The Balaban J connectivity index is 1.42.